The fourth-order valence-electron chi connectivity index (χ4n) is 1.79. The van der Waals surface area contributed by atoms with E-state index < -0.39 is 0 Å². The molecule has 3 nitrogen and oxygen atoms in total. The van der Waals surface area contributed by atoms with Crippen LogP contribution >= 0.6 is 0 Å². The summed E-state index contributed by atoms with van der Waals surface area (Å²) in [5.41, 5.74) is 1.79. The Labute approximate surface area is 117 Å². The molecule has 0 atom stereocenters. The third-order valence-electron chi connectivity index (χ3n) is 2.93. The Kier molecular flexibility index (Phi) is 4.71. The lowest BCUT2D eigenvalue weighted by molar-refractivity contribution is -0.120. The number of amides is 1. The minimum Gasteiger partial charge on any atom is -0.497 e. The maximum atomic E-state index is 12.7. The van der Waals surface area contributed by atoms with Gasteiger partial charge >= 0.3 is 0 Å². The second-order valence-corrected chi connectivity index (χ2v) is 4.43. The number of carbonyl (C=O) groups is 1. The molecule has 0 aromatic heterocycles. The Morgan fingerprint density at radius 3 is 2.25 bits per heavy atom. The van der Waals surface area contributed by atoms with Gasteiger partial charge in [-0.1, -0.05) is 24.3 Å². The minimum atomic E-state index is -0.279. The summed E-state index contributed by atoms with van der Waals surface area (Å²) >= 11 is 0. The van der Waals surface area contributed by atoms with Crippen LogP contribution in [0.1, 0.15) is 11.1 Å². The molecular formula is C16H16FNO2. The Morgan fingerprint density at radius 1 is 1.05 bits per heavy atom. The average molecular weight is 273 g/mol. The lowest BCUT2D eigenvalue weighted by atomic mass is 10.1. The van der Waals surface area contributed by atoms with Gasteiger partial charge in [0, 0.05) is 6.54 Å². The van der Waals surface area contributed by atoms with Crippen molar-refractivity contribution in [2.24, 2.45) is 0 Å². The molecule has 0 saturated heterocycles. The molecule has 0 unspecified atom stereocenters. The molecule has 0 saturated carbocycles. The van der Waals surface area contributed by atoms with Crippen molar-refractivity contribution in [3.05, 3.63) is 65.5 Å². The van der Waals surface area contributed by atoms with Crippen LogP contribution in [-0.4, -0.2) is 13.0 Å². The Morgan fingerprint density at radius 2 is 1.65 bits per heavy atom. The molecule has 0 aliphatic carbocycles. The largest absolute Gasteiger partial charge is 0.497 e. The van der Waals surface area contributed by atoms with E-state index in [9.17, 15) is 9.18 Å². The highest BCUT2D eigenvalue weighted by atomic mass is 19.1. The van der Waals surface area contributed by atoms with E-state index in [1.165, 1.54) is 12.1 Å². The number of ether oxygens (including phenoxy) is 1. The molecule has 2 rings (SSSR count). The molecule has 1 amide bonds. The SMILES string of the molecule is COc1ccc(CC(=O)NCc2ccc(F)cc2)cc1. The summed E-state index contributed by atoms with van der Waals surface area (Å²) in [6.45, 7) is 0.398. The average Bonchev–Trinajstić information content (AvgIpc) is 2.47. The predicted octanol–water partition coefficient (Wildman–Crippen LogP) is 2.69. The van der Waals surface area contributed by atoms with Gasteiger partial charge in [0.25, 0.3) is 0 Å². The van der Waals surface area contributed by atoms with Crippen molar-refractivity contribution in [2.45, 2.75) is 13.0 Å². The van der Waals surface area contributed by atoms with Crippen LogP contribution in [0.3, 0.4) is 0 Å². The maximum absolute atomic E-state index is 12.7. The molecule has 104 valence electrons. The number of methoxy groups -OCH3 is 1. The van der Waals surface area contributed by atoms with Gasteiger partial charge in [0.15, 0.2) is 0 Å². The lowest BCUT2D eigenvalue weighted by Crippen LogP contribution is -2.24. The summed E-state index contributed by atoms with van der Waals surface area (Å²) in [6.07, 6.45) is 0.311. The summed E-state index contributed by atoms with van der Waals surface area (Å²) in [7, 11) is 1.60. The van der Waals surface area contributed by atoms with E-state index in [2.05, 4.69) is 5.32 Å². The maximum Gasteiger partial charge on any atom is 0.224 e. The quantitative estimate of drug-likeness (QED) is 0.909. The highest BCUT2D eigenvalue weighted by molar-refractivity contribution is 5.78. The molecule has 2 aromatic carbocycles. The topological polar surface area (TPSA) is 38.3 Å². The molecule has 20 heavy (non-hydrogen) atoms. The number of hydrogen-bond donors (Lipinski definition) is 1. The Hall–Kier alpha value is -2.36. The molecule has 0 radical (unpaired) electrons. The number of benzene rings is 2. The van der Waals surface area contributed by atoms with Crippen molar-refractivity contribution >= 4 is 5.91 Å². The van der Waals surface area contributed by atoms with Crippen molar-refractivity contribution in [2.75, 3.05) is 7.11 Å². The second kappa shape index (κ2) is 6.70. The van der Waals surface area contributed by atoms with E-state index in [0.29, 0.717) is 13.0 Å². The standard InChI is InChI=1S/C16H16FNO2/c1-20-15-8-4-12(5-9-15)10-16(19)18-11-13-2-6-14(17)7-3-13/h2-9H,10-11H2,1H3,(H,18,19). The number of carbonyl (C=O) groups excluding carboxylic acids is 1. The second-order valence-electron chi connectivity index (χ2n) is 4.43. The van der Waals surface area contributed by atoms with E-state index in [4.69, 9.17) is 4.74 Å². The number of rotatable bonds is 5. The summed E-state index contributed by atoms with van der Waals surface area (Å²) in [4.78, 5) is 11.8. The first-order chi connectivity index (χ1) is 9.67. The summed E-state index contributed by atoms with van der Waals surface area (Å²) in [6, 6.07) is 13.4. The first-order valence-corrected chi connectivity index (χ1v) is 6.31. The first-order valence-electron chi connectivity index (χ1n) is 6.31. The molecule has 0 aliphatic rings. The zero-order valence-corrected chi connectivity index (χ0v) is 11.2. The first kappa shape index (κ1) is 14.1. The van der Waals surface area contributed by atoms with Crippen LogP contribution in [0.2, 0.25) is 0 Å². The van der Waals surface area contributed by atoms with Crippen molar-refractivity contribution in [1.29, 1.82) is 0 Å². The highest BCUT2D eigenvalue weighted by Gasteiger charge is 2.03. The van der Waals surface area contributed by atoms with Gasteiger partial charge < -0.3 is 10.1 Å². The molecule has 0 spiro atoms. The van der Waals surface area contributed by atoms with Crippen LogP contribution in [0.5, 0.6) is 5.75 Å². The van der Waals surface area contributed by atoms with Gasteiger partial charge in [0.05, 0.1) is 13.5 Å². The molecule has 0 aliphatic heterocycles. The van der Waals surface area contributed by atoms with E-state index in [-0.39, 0.29) is 11.7 Å². The van der Waals surface area contributed by atoms with E-state index in [0.717, 1.165) is 16.9 Å². The molecule has 0 fully saturated rings. The zero-order chi connectivity index (χ0) is 14.4. The van der Waals surface area contributed by atoms with Crippen molar-refractivity contribution < 1.29 is 13.9 Å². The lowest BCUT2D eigenvalue weighted by Gasteiger charge is -2.06. The van der Waals surface area contributed by atoms with E-state index >= 15 is 0 Å². The predicted molar refractivity (Wildman–Crippen MR) is 74.9 cm³/mol. The van der Waals surface area contributed by atoms with Gasteiger partial charge in [0.2, 0.25) is 5.91 Å². The number of hydrogen-bond acceptors (Lipinski definition) is 2. The number of nitrogens with one attached hydrogen (secondary N) is 1. The smallest absolute Gasteiger partial charge is 0.224 e. The molecule has 4 heteroatoms. The fourth-order valence-corrected chi connectivity index (χ4v) is 1.79. The molecule has 0 heterocycles. The van der Waals surface area contributed by atoms with Crippen LogP contribution in [0.4, 0.5) is 4.39 Å². The van der Waals surface area contributed by atoms with Crippen molar-refractivity contribution in [3.63, 3.8) is 0 Å². The monoisotopic (exact) mass is 273 g/mol. The van der Waals surface area contributed by atoms with E-state index in [1.54, 1.807) is 19.2 Å². The van der Waals surface area contributed by atoms with Gasteiger partial charge in [0.1, 0.15) is 11.6 Å². The van der Waals surface area contributed by atoms with Crippen LogP contribution in [-0.2, 0) is 17.8 Å². The molecule has 1 N–H and O–H groups in total. The van der Waals surface area contributed by atoms with Gasteiger partial charge in [-0.05, 0) is 35.4 Å². The zero-order valence-electron chi connectivity index (χ0n) is 11.2. The van der Waals surface area contributed by atoms with Crippen LogP contribution < -0.4 is 10.1 Å². The van der Waals surface area contributed by atoms with Crippen molar-refractivity contribution in [3.8, 4) is 5.75 Å². The van der Waals surface area contributed by atoms with E-state index in [1.807, 2.05) is 24.3 Å². The summed E-state index contributed by atoms with van der Waals surface area (Å²) in [5.74, 6) is 0.415. The highest BCUT2D eigenvalue weighted by Crippen LogP contribution is 2.11. The Balaban J connectivity index is 1.84. The fraction of sp³-hybridized carbons (Fsp3) is 0.188. The minimum absolute atomic E-state index is 0.0699. The molecule has 2 aromatic rings. The third-order valence-corrected chi connectivity index (χ3v) is 2.93. The normalized spacial score (nSPS) is 10.1. The van der Waals surface area contributed by atoms with Gasteiger partial charge in [-0.25, -0.2) is 4.39 Å². The third kappa shape index (κ3) is 4.09. The van der Waals surface area contributed by atoms with Gasteiger partial charge in [-0.3, -0.25) is 4.79 Å². The summed E-state index contributed by atoms with van der Waals surface area (Å²) in [5, 5.41) is 2.80. The van der Waals surface area contributed by atoms with Crippen LogP contribution in [0.15, 0.2) is 48.5 Å². The van der Waals surface area contributed by atoms with Crippen molar-refractivity contribution in [1.82, 2.24) is 5.32 Å². The molecular weight excluding hydrogens is 257 g/mol. The number of halogens is 1. The summed E-state index contributed by atoms with van der Waals surface area (Å²) < 4.78 is 17.8. The molecule has 0 bridgehead atoms. The van der Waals surface area contributed by atoms with Gasteiger partial charge in [-0.2, -0.15) is 0 Å². The van der Waals surface area contributed by atoms with Crippen LogP contribution in [0, 0.1) is 5.82 Å². The van der Waals surface area contributed by atoms with Crippen LogP contribution in [0.25, 0.3) is 0 Å². The van der Waals surface area contributed by atoms with Gasteiger partial charge in [-0.15, -0.1) is 0 Å². The Bertz CT molecular complexity index is 564.